The predicted octanol–water partition coefficient (Wildman–Crippen LogP) is 3.19. The monoisotopic (exact) mass is 198 g/mol. The SMILES string of the molecule is C[C@H](N=Cc1ccc[nH]1)c1ccccc1. The third kappa shape index (κ3) is 2.56. The quantitative estimate of drug-likeness (QED) is 0.734. The lowest BCUT2D eigenvalue weighted by Gasteiger charge is -2.04. The van der Waals surface area contributed by atoms with Gasteiger partial charge in [-0.2, -0.15) is 0 Å². The Labute approximate surface area is 89.7 Å². The molecule has 0 aliphatic rings. The second-order valence-electron chi connectivity index (χ2n) is 3.49. The van der Waals surface area contributed by atoms with E-state index in [9.17, 15) is 0 Å². The lowest BCUT2D eigenvalue weighted by atomic mass is 10.1. The average Bonchev–Trinajstić information content (AvgIpc) is 2.80. The van der Waals surface area contributed by atoms with Crippen LogP contribution in [0.4, 0.5) is 0 Å². The number of hydrogen-bond acceptors (Lipinski definition) is 1. The normalized spacial score (nSPS) is 13.1. The molecular formula is C13H14N2. The van der Waals surface area contributed by atoms with Crippen LogP contribution in [-0.4, -0.2) is 11.2 Å². The summed E-state index contributed by atoms with van der Waals surface area (Å²) in [6.45, 7) is 2.09. The van der Waals surface area contributed by atoms with Crippen molar-refractivity contribution in [3.8, 4) is 0 Å². The molecule has 1 heterocycles. The van der Waals surface area contributed by atoms with Gasteiger partial charge in [0.2, 0.25) is 0 Å². The van der Waals surface area contributed by atoms with Crippen molar-refractivity contribution in [2.75, 3.05) is 0 Å². The summed E-state index contributed by atoms with van der Waals surface area (Å²) in [6, 6.07) is 14.5. The Balaban J connectivity index is 2.07. The zero-order valence-corrected chi connectivity index (χ0v) is 8.72. The standard InChI is InChI=1S/C13H14N2/c1-11(12-6-3-2-4-7-12)15-10-13-8-5-9-14-13/h2-11,14H,1H3/t11-/m0/s1. The fourth-order valence-electron chi connectivity index (χ4n) is 1.43. The lowest BCUT2D eigenvalue weighted by Crippen LogP contribution is -1.90. The number of aromatic amines is 1. The molecule has 1 atom stereocenters. The zero-order chi connectivity index (χ0) is 10.5. The highest BCUT2D eigenvalue weighted by atomic mass is 14.8. The van der Waals surface area contributed by atoms with Crippen molar-refractivity contribution in [2.24, 2.45) is 4.99 Å². The summed E-state index contributed by atoms with van der Waals surface area (Å²) in [7, 11) is 0. The van der Waals surface area contributed by atoms with Crippen LogP contribution >= 0.6 is 0 Å². The van der Waals surface area contributed by atoms with Gasteiger partial charge in [0.1, 0.15) is 0 Å². The van der Waals surface area contributed by atoms with Crippen molar-refractivity contribution in [2.45, 2.75) is 13.0 Å². The van der Waals surface area contributed by atoms with Crippen LogP contribution in [0.15, 0.2) is 53.7 Å². The minimum atomic E-state index is 0.203. The largest absolute Gasteiger partial charge is 0.360 e. The highest BCUT2D eigenvalue weighted by molar-refractivity contribution is 5.77. The van der Waals surface area contributed by atoms with Gasteiger partial charge in [-0.1, -0.05) is 30.3 Å². The van der Waals surface area contributed by atoms with E-state index in [4.69, 9.17) is 0 Å². The summed E-state index contributed by atoms with van der Waals surface area (Å²) < 4.78 is 0. The van der Waals surface area contributed by atoms with E-state index in [1.165, 1.54) is 5.56 Å². The minimum Gasteiger partial charge on any atom is -0.360 e. The smallest absolute Gasteiger partial charge is 0.0721 e. The molecule has 0 unspecified atom stereocenters. The maximum Gasteiger partial charge on any atom is 0.0721 e. The highest BCUT2D eigenvalue weighted by Crippen LogP contribution is 2.15. The maximum atomic E-state index is 4.48. The number of nitrogens with one attached hydrogen (secondary N) is 1. The highest BCUT2D eigenvalue weighted by Gasteiger charge is 1.99. The van der Waals surface area contributed by atoms with Gasteiger partial charge in [-0.15, -0.1) is 0 Å². The predicted molar refractivity (Wildman–Crippen MR) is 63.2 cm³/mol. The van der Waals surface area contributed by atoms with Crippen molar-refractivity contribution in [1.29, 1.82) is 0 Å². The zero-order valence-electron chi connectivity index (χ0n) is 8.72. The van der Waals surface area contributed by atoms with Gasteiger partial charge in [0.25, 0.3) is 0 Å². The Bertz CT molecular complexity index is 415. The molecule has 2 aromatic rings. The number of rotatable bonds is 3. The van der Waals surface area contributed by atoms with Crippen LogP contribution < -0.4 is 0 Å². The number of aromatic nitrogens is 1. The van der Waals surface area contributed by atoms with E-state index in [1.807, 2.05) is 42.7 Å². The fraction of sp³-hybridized carbons (Fsp3) is 0.154. The Kier molecular flexibility index (Phi) is 2.98. The van der Waals surface area contributed by atoms with Crippen LogP contribution in [0.3, 0.4) is 0 Å². The molecule has 2 heteroatoms. The molecule has 2 rings (SSSR count). The van der Waals surface area contributed by atoms with Crippen molar-refractivity contribution in [3.63, 3.8) is 0 Å². The Morgan fingerprint density at radius 1 is 1.13 bits per heavy atom. The molecule has 76 valence electrons. The topological polar surface area (TPSA) is 28.1 Å². The van der Waals surface area contributed by atoms with E-state index in [0.717, 1.165) is 5.69 Å². The second-order valence-corrected chi connectivity index (χ2v) is 3.49. The van der Waals surface area contributed by atoms with E-state index in [-0.39, 0.29) is 6.04 Å². The third-order valence-electron chi connectivity index (χ3n) is 2.34. The lowest BCUT2D eigenvalue weighted by molar-refractivity contribution is 0.825. The van der Waals surface area contributed by atoms with Gasteiger partial charge in [-0.3, -0.25) is 4.99 Å². The minimum absolute atomic E-state index is 0.203. The van der Waals surface area contributed by atoms with Gasteiger partial charge in [0.15, 0.2) is 0 Å². The molecule has 0 saturated carbocycles. The number of nitrogens with zero attached hydrogens (tertiary/aromatic N) is 1. The first-order valence-corrected chi connectivity index (χ1v) is 5.08. The third-order valence-corrected chi connectivity index (χ3v) is 2.34. The fourth-order valence-corrected chi connectivity index (χ4v) is 1.43. The van der Waals surface area contributed by atoms with Gasteiger partial charge in [0, 0.05) is 12.4 Å². The van der Waals surface area contributed by atoms with Crippen molar-refractivity contribution < 1.29 is 0 Å². The van der Waals surface area contributed by atoms with E-state index >= 15 is 0 Å². The summed E-state index contributed by atoms with van der Waals surface area (Å²) in [6.07, 6.45) is 3.77. The van der Waals surface area contributed by atoms with Gasteiger partial charge in [-0.05, 0) is 24.6 Å². The first kappa shape index (κ1) is 9.71. The first-order valence-electron chi connectivity index (χ1n) is 5.08. The Morgan fingerprint density at radius 2 is 1.93 bits per heavy atom. The molecule has 15 heavy (non-hydrogen) atoms. The van der Waals surface area contributed by atoms with Crippen LogP contribution in [0.2, 0.25) is 0 Å². The summed E-state index contributed by atoms with van der Waals surface area (Å²) in [4.78, 5) is 7.58. The Morgan fingerprint density at radius 3 is 2.60 bits per heavy atom. The molecule has 0 aliphatic carbocycles. The molecule has 0 saturated heterocycles. The average molecular weight is 198 g/mol. The molecule has 2 nitrogen and oxygen atoms in total. The molecule has 0 amide bonds. The van der Waals surface area contributed by atoms with Gasteiger partial charge < -0.3 is 4.98 Å². The number of benzene rings is 1. The van der Waals surface area contributed by atoms with Crippen LogP contribution in [-0.2, 0) is 0 Å². The summed E-state index contributed by atoms with van der Waals surface area (Å²) in [5.74, 6) is 0. The summed E-state index contributed by atoms with van der Waals surface area (Å²) in [5.41, 5.74) is 2.28. The molecule has 0 bridgehead atoms. The van der Waals surface area contributed by atoms with E-state index in [1.54, 1.807) is 0 Å². The first-order chi connectivity index (χ1) is 7.36. The van der Waals surface area contributed by atoms with Crippen LogP contribution in [0.1, 0.15) is 24.2 Å². The van der Waals surface area contributed by atoms with Gasteiger partial charge in [0.05, 0.1) is 11.7 Å². The molecule has 0 spiro atoms. The van der Waals surface area contributed by atoms with E-state index in [2.05, 4.69) is 29.0 Å². The number of H-pyrrole nitrogens is 1. The molecule has 0 aliphatic heterocycles. The van der Waals surface area contributed by atoms with Crippen LogP contribution in [0.25, 0.3) is 0 Å². The summed E-state index contributed by atoms with van der Waals surface area (Å²) in [5, 5.41) is 0. The van der Waals surface area contributed by atoms with E-state index < -0.39 is 0 Å². The maximum absolute atomic E-state index is 4.48. The molecule has 0 radical (unpaired) electrons. The molecule has 1 aromatic carbocycles. The second kappa shape index (κ2) is 4.60. The van der Waals surface area contributed by atoms with Crippen molar-refractivity contribution >= 4 is 6.21 Å². The van der Waals surface area contributed by atoms with Crippen LogP contribution in [0.5, 0.6) is 0 Å². The van der Waals surface area contributed by atoms with Crippen molar-refractivity contribution in [1.82, 2.24) is 4.98 Å². The molecule has 1 N–H and O–H groups in total. The molecular weight excluding hydrogens is 184 g/mol. The summed E-state index contributed by atoms with van der Waals surface area (Å²) >= 11 is 0. The molecule has 1 aromatic heterocycles. The van der Waals surface area contributed by atoms with Crippen molar-refractivity contribution in [3.05, 3.63) is 59.9 Å². The van der Waals surface area contributed by atoms with Gasteiger partial charge in [-0.25, -0.2) is 0 Å². The van der Waals surface area contributed by atoms with E-state index in [0.29, 0.717) is 0 Å². The van der Waals surface area contributed by atoms with Crippen LogP contribution in [0, 0.1) is 0 Å². The number of hydrogen-bond donors (Lipinski definition) is 1. The number of aliphatic imine (C=N–C) groups is 1. The van der Waals surface area contributed by atoms with Gasteiger partial charge >= 0.3 is 0 Å². The molecule has 0 fully saturated rings. The Hall–Kier alpha value is -1.83.